The van der Waals surface area contributed by atoms with E-state index >= 15 is 0 Å². The number of carbonyl (C=O) groups excluding carboxylic acids is 1. The second-order valence-electron chi connectivity index (χ2n) is 6.83. The molecule has 1 aromatic carbocycles. The Labute approximate surface area is 178 Å². The predicted molar refractivity (Wildman–Crippen MR) is 105 cm³/mol. The number of amides is 1. The van der Waals surface area contributed by atoms with Crippen molar-refractivity contribution in [2.75, 3.05) is 17.6 Å². The number of benzene rings is 1. The van der Waals surface area contributed by atoms with E-state index in [0.717, 1.165) is 48.4 Å². The SMILES string of the molecule is [C-]#[N+]c1cc(C)c(NC(=O)C2([P+]([CH-]C)(CC)CC)CCC2)c(C)c1.[Y]. The first-order valence-electron chi connectivity index (χ1n) is 8.87. The van der Waals surface area contributed by atoms with Gasteiger partial charge in [0.15, 0.2) is 5.69 Å². The number of aryl methyl sites for hydroxylation is 2. The summed E-state index contributed by atoms with van der Waals surface area (Å²) < 4.78 is 0. The average molecular weight is 433 g/mol. The molecule has 3 nitrogen and oxygen atoms in total. The Balaban J connectivity index is 0.00000312. The third kappa shape index (κ3) is 3.88. The fourth-order valence-electron chi connectivity index (χ4n) is 4.26. The summed E-state index contributed by atoms with van der Waals surface area (Å²) in [5.41, 5.74) is 3.47. The van der Waals surface area contributed by atoms with Gasteiger partial charge in [-0.15, -0.1) is 7.26 Å². The molecule has 0 unspecified atom stereocenters. The molecule has 2 rings (SSSR count). The minimum Gasteiger partial charge on any atom is -0.322 e. The van der Waals surface area contributed by atoms with Crippen molar-refractivity contribution in [2.24, 2.45) is 0 Å². The van der Waals surface area contributed by atoms with Crippen molar-refractivity contribution in [3.05, 3.63) is 40.8 Å². The minimum absolute atomic E-state index is 0. The zero-order valence-electron chi connectivity index (χ0n) is 16.1. The topological polar surface area (TPSA) is 33.5 Å². The molecule has 0 spiro atoms. The number of hydrogen-bond donors (Lipinski definition) is 1. The molecule has 25 heavy (non-hydrogen) atoms. The average Bonchev–Trinajstić information content (AvgIpc) is 2.53. The summed E-state index contributed by atoms with van der Waals surface area (Å²) in [6.45, 7) is 17.8. The van der Waals surface area contributed by atoms with Gasteiger partial charge in [-0.05, 0) is 58.1 Å². The number of nitrogens with one attached hydrogen (secondary N) is 1. The van der Waals surface area contributed by atoms with Gasteiger partial charge in [0.1, 0.15) is 5.16 Å². The minimum atomic E-state index is -1.40. The first-order valence-corrected chi connectivity index (χ1v) is 11.1. The predicted octanol–water partition coefficient (Wildman–Crippen LogP) is 5.95. The molecule has 1 N–H and O–H groups in total. The van der Waals surface area contributed by atoms with Crippen LogP contribution < -0.4 is 5.32 Å². The first-order chi connectivity index (χ1) is 11.4. The molecule has 1 saturated carbocycles. The van der Waals surface area contributed by atoms with E-state index in [1.165, 1.54) is 0 Å². The maximum absolute atomic E-state index is 13.3. The van der Waals surface area contributed by atoms with Crippen LogP contribution in [0.5, 0.6) is 0 Å². The van der Waals surface area contributed by atoms with Crippen LogP contribution >= 0.6 is 7.26 Å². The number of nitrogens with zero attached hydrogens (tertiary/aromatic N) is 1. The normalized spacial score (nSPS) is 15.5. The fraction of sp³-hybridized carbons (Fsp3) is 0.550. The zero-order valence-corrected chi connectivity index (χ0v) is 19.9. The molecular formula is C20H29N2OPY. The standard InChI is InChI=1S/C20H29N2OP.Y/c1-7-24(8-2,9-3)20(11-10-12-20)19(23)22-18-15(4)13-17(21-6)14-16(18)5;/h7,13-14H,8-12H2,1-5H3,(H,22,23);. The molecule has 0 saturated heterocycles. The van der Waals surface area contributed by atoms with Crippen LogP contribution in [0.1, 0.15) is 51.2 Å². The van der Waals surface area contributed by atoms with Crippen molar-refractivity contribution in [1.82, 2.24) is 0 Å². The van der Waals surface area contributed by atoms with Gasteiger partial charge in [0.25, 0.3) is 5.91 Å². The fourth-order valence-corrected chi connectivity index (χ4v) is 8.81. The van der Waals surface area contributed by atoms with E-state index in [1.807, 2.05) is 26.0 Å². The van der Waals surface area contributed by atoms with Gasteiger partial charge in [-0.2, -0.15) is 13.1 Å². The molecule has 1 amide bonds. The molecule has 5 heteroatoms. The quantitative estimate of drug-likeness (QED) is 0.437. The summed E-state index contributed by atoms with van der Waals surface area (Å²) in [5, 5.41) is 3.07. The Morgan fingerprint density at radius 1 is 1.28 bits per heavy atom. The van der Waals surface area contributed by atoms with Crippen molar-refractivity contribution in [1.29, 1.82) is 0 Å². The van der Waals surface area contributed by atoms with Crippen LogP contribution in [0.2, 0.25) is 0 Å². The summed E-state index contributed by atoms with van der Waals surface area (Å²) in [5.74, 6) is 0.200. The second kappa shape index (κ2) is 9.08. The van der Waals surface area contributed by atoms with E-state index in [2.05, 4.69) is 37.1 Å². The Morgan fingerprint density at radius 2 is 1.80 bits per heavy atom. The number of anilines is 1. The summed E-state index contributed by atoms with van der Waals surface area (Å²) in [6, 6.07) is 3.72. The van der Waals surface area contributed by atoms with Crippen LogP contribution in [0.3, 0.4) is 0 Å². The molecule has 0 bridgehead atoms. The van der Waals surface area contributed by atoms with Crippen molar-refractivity contribution in [2.45, 2.75) is 59.0 Å². The molecule has 1 aromatic rings. The van der Waals surface area contributed by atoms with Gasteiger partial charge < -0.3 is 5.32 Å². The van der Waals surface area contributed by atoms with Crippen molar-refractivity contribution >= 4 is 24.5 Å². The third-order valence-corrected chi connectivity index (χ3v) is 11.6. The maximum atomic E-state index is 13.3. The van der Waals surface area contributed by atoms with Gasteiger partial charge in [-0.25, -0.2) is 4.85 Å². The van der Waals surface area contributed by atoms with E-state index in [-0.39, 0.29) is 43.8 Å². The van der Waals surface area contributed by atoms with Crippen LogP contribution in [-0.4, -0.2) is 23.4 Å². The van der Waals surface area contributed by atoms with Gasteiger partial charge in [0, 0.05) is 50.7 Å². The summed E-state index contributed by atoms with van der Waals surface area (Å²) in [4.78, 5) is 16.8. The van der Waals surface area contributed by atoms with Gasteiger partial charge in [-0.1, -0.05) is 12.1 Å². The van der Waals surface area contributed by atoms with Crippen molar-refractivity contribution in [3.63, 3.8) is 0 Å². The van der Waals surface area contributed by atoms with Crippen molar-refractivity contribution in [3.8, 4) is 0 Å². The molecule has 0 aromatic heterocycles. The monoisotopic (exact) mass is 433 g/mol. The molecule has 0 heterocycles. The van der Waals surface area contributed by atoms with E-state index in [0.29, 0.717) is 5.69 Å². The van der Waals surface area contributed by atoms with Gasteiger partial charge >= 0.3 is 0 Å². The van der Waals surface area contributed by atoms with Crippen LogP contribution in [0, 0.1) is 26.6 Å². The van der Waals surface area contributed by atoms with Crippen LogP contribution in [0.25, 0.3) is 4.85 Å². The van der Waals surface area contributed by atoms with Crippen LogP contribution in [0.15, 0.2) is 12.1 Å². The Kier molecular flexibility index (Phi) is 8.26. The molecule has 1 fully saturated rings. The summed E-state index contributed by atoms with van der Waals surface area (Å²) >= 11 is 0. The smallest absolute Gasteiger partial charge is 0.265 e. The number of carbonyl (C=O) groups is 1. The third-order valence-electron chi connectivity index (χ3n) is 5.96. The van der Waals surface area contributed by atoms with Gasteiger partial charge in [0.05, 0.1) is 6.57 Å². The Morgan fingerprint density at radius 3 is 2.12 bits per heavy atom. The Bertz CT molecular complexity index is 641. The molecule has 1 aliphatic carbocycles. The molecule has 0 aliphatic heterocycles. The zero-order chi connectivity index (χ0) is 18.0. The van der Waals surface area contributed by atoms with Crippen LogP contribution in [-0.2, 0) is 37.5 Å². The maximum Gasteiger partial charge on any atom is 0.265 e. The Hall–Kier alpha value is -0.286. The van der Waals surface area contributed by atoms with Gasteiger partial charge in [-0.3, -0.25) is 4.79 Å². The molecule has 1 aliphatic rings. The van der Waals surface area contributed by atoms with E-state index in [4.69, 9.17) is 6.57 Å². The van der Waals surface area contributed by atoms with Crippen molar-refractivity contribution < 1.29 is 37.5 Å². The van der Waals surface area contributed by atoms with Gasteiger partial charge in [0.2, 0.25) is 0 Å². The number of rotatable bonds is 6. The largest absolute Gasteiger partial charge is 0.322 e. The summed E-state index contributed by atoms with van der Waals surface area (Å²) in [7, 11) is -1.40. The molecule has 0 atom stereocenters. The molecule has 1 radical (unpaired) electrons. The first kappa shape index (κ1) is 22.8. The van der Waals surface area contributed by atoms with E-state index < -0.39 is 7.26 Å². The van der Waals surface area contributed by atoms with Crippen LogP contribution in [0.4, 0.5) is 11.4 Å². The second-order valence-corrected chi connectivity index (χ2v) is 11.5. The molecule has 133 valence electrons. The summed E-state index contributed by atoms with van der Waals surface area (Å²) in [6.07, 6.45) is 7.74. The van der Waals surface area contributed by atoms with E-state index in [1.54, 1.807) is 0 Å². The van der Waals surface area contributed by atoms with E-state index in [9.17, 15) is 4.79 Å². The molecular weight excluding hydrogens is 404 g/mol. The number of hydrogen-bond acceptors (Lipinski definition) is 1.